The summed E-state index contributed by atoms with van der Waals surface area (Å²) in [6, 6.07) is 3.59. The molecule has 0 spiro atoms. The average molecular weight is 355 g/mol. The minimum Gasteiger partial charge on any atom is -0.386 e. The standard InChI is InChI=1S/C13H17F3NO5P/c1-8(18)17-12(23(20,21-2)22-3)11(19)9-4-6-10(7-5-9)13(14,15)16/h4-7,11-12,19H,1-3H3,(H,17,18)/t11-,12-/m0/s1. The van der Waals surface area contributed by atoms with Crippen LogP contribution in [-0.2, 0) is 24.6 Å². The van der Waals surface area contributed by atoms with Gasteiger partial charge < -0.3 is 19.5 Å². The minimum atomic E-state index is -4.52. The van der Waals surface area contributed by atoms with Crippen molar-refractivity contribution in [1.82, 2.24) is 5.32 Å². The van der Waals surface area contributed by atoms with E-state index in [-0.39, 0.29) is 5.56 Å². The maximum absolute atomic E-state index is 12.5. The van der Waals surface area contributed by atoms with Gasteiger partial charge in [-0.25, -0.2) is 0 Å². The Hall–Kier alpha value is -1.41. The Morgan fingerprint density at radius 1 is 1.22 bits per heavy atom. The molecule has 1 aromatic carbocycles. The Labute approximate surface area is 131 Å². The van der Waals surface area contributed by atoms with Gasteiger partial charge in [0.2, 0.25) is 5.91 Å². The first-order valence-corrected chi connectivity index (χ1v) is 8.00. The second kappa shape index (κ2) is 7.44. The number of rotatable bonds is 6. The summed E-state index contributed by atoms with van der Waals surface area (Å²) in [5, 5.41) is 12.5. The van der Waals surface area contributed by atoms with Gasteiger partial charge in [0.15, 0.2) is 5.78 Å². The quantitative estimate of drug-likeness (QED) is 0.767. The number of carbonyl (C=O) groups is 1. The van der Waals surface area contributed by atoms with Gasteiger partial charge in [-0.1, -0.05) is 12.1 Å². The van der Waals surface area contributed by atoms with E-state index < -0.39 is 37.1 Å². The second-order valence-corrected chi connectivity index (χ2v) is 6.98. The van der Waals surface area contributed by atoms with Crippen LogP contribution in [0, 0.1) is 0 Å². The number of hydrogen-bond acceptors (Lipinski definition) is 5. The first-order chi connectivity index (χ1) is 10.5. The van der Waals surface area contributed by atoms with E-state index in [1.165, 1.54) is 0 Å². The van der Waals surface area contributed by atoms with Crippen LogP contribution in [0.2, 0.25) is 0 Å². The molecule has 0 aliphatic carbocycles. The molecule has 0 unspecified atom stereocenters. The molecule has 1 amide bonds. The van der Waals surface area contributed by atoms with Crippen molar-refractivity contribution in [1.29, 1.82) is 0 Å². The highest BCUT2D eigenvalue weighted by Gasteiger charge is 2.41. The summed E-state index contributed by atoms with van der Waals surface area (Å²) < 4.78 is 59.6. The molecular weight excluding hydrogens is 338 g/mol. The van der Waals surface area contributed by atoms with E-state index in [1.54, 1.807) is 0 Å². The van der Waals surface area contributed by atoms with Crippen LogP contribution in [0.3, 0.4) is 0 Å². The van der Waals surface area contributed by atoms with Crippen LogP contribution in [0.15, 0.2) is 24.3 Å². The summed E-state index contributed by atoms with van der Waals surface area (Å²) in [4.78, 5) is 11.3. The molecule has 10 heteroatoms. The Kier molecular flexibility index (Phi) is 6.35. The van der Waals surface area contributed by atoms with Crippen LogP contribution in [0.25, 0.3) is 0 Å². The molecule has 0 bridgehead atoms. The first kappa shape index (κ1) is 19.6. The highest BCUT2D eigenvalue weighted by atomic mass is 31.2. The fourth-order valence-corrected chi connectivity index (χ4v) is 3.35. The molecule has 0 aliphatic heterocycles. The summed E-state index contributed by atoms with van der Waals surface area (Å²) in [6.45, 7) is 1.13. The minimum absolute atomic E-state index is 0.0195. The smallest absolute Gasteiger partial charge is 0.386 e. The molecule has 0 heterocycles. The normalized spacial score (nSPS) is 15.1. The Morgan fingerprint density at radius 3 is 2.04 bits per heavy atom. The number of halogens is 3. The van der Waals surface area contributed by atoms with Crippen molar-refractivity contribution >= 4 is 13.5 Å². The average Bonchev–Trinajstić information content (AvgIpc) is 2.50. The zero-order valence-corrected chi connectivity index (χ0v) is 13.5. The molecule has 0 saturated heterocycles. The maximum atomic E-state index is 12.5. The lowest BCUT2D eigenvalue weighted by Gasteiger charge is -2.29. The topological polar surface area (TPSA) is 84.9 Å². The van der Waals surface area contributed by atoms with Crippen LogP contribution in [-0.4, -0.2) is 31.0 Å². The van der Waals surface area contributed by atoms with E-state index in [1.807, 2.05) is 0 Å². The van der Waals surface area contributed by atoms with E-state index in [2.05, 4.69) is 5.32 Å². The van der Waals surface area contributed by atoms with Crippen molar-refractivity contribution in [2.24, 2.45) is 0 Å². The monoisotopic (exact) mass is 355 g/mol. The van der Waals surface area contributed by atoms with Gasteiger partial charge in [0.25, 0.3) is 0 Å². The molecule has 2 N–H and O–H groups in total. The van der Waals surface area contributed by atoms with Crippen molar-refractivity contribution in [3.05, 3.63) is 35.4 Å². The lowest BCUT2D eigenvalue weighted by Crippen LogP contribution is -2.38. The van der Waals surface area contributed by atoms with E-state index in [9.17, 15) is 27.6 Å². The third kappa shape index (κ3) is 4.78. The van der Waals surface area contributed by atoms with Crippen molar-refractivity contribution in [2.45, 2.75) is 25.0 Å². The molecule has 23 heavy (non-hydrogen) atoms. The van der Waals surface area contributed by atoms with E-state index in [0.717, 1.165) is 45.4 Å². The van der Waals surface area contributed by atoms with Gasteiger partial charge in [-0.2, -0.15) is 13.2 Å². The molecule has 6 nitrogen and oxygen atoms in total. The maximum Gasteiger partial charge on any atom is 0.416 e. The second-order valence-electron chi connectivity index (χ2n) is 4.61. The zero-order chi connectivity index (χ0) is 17.8. The van der Waals surface area contributed by atoms with E-state index >= 15 is 0 Å². The third-order valence-corrected chi connectivity index (χ3v) is 5.19. The molecule has 2 atom stereocenters. The molecule has 130 valence electrons. The zero-order valence-electron chi connectivity index (χ0n) is 12.6. The number of aliphatic hydroxyl groups excluding tert-OH is 1. The Balaban J connectivity index is 3.17. The third-order valence-electron chi connectivity index (χ3n) is 3.08. The first-order valence-electron chi connectivity index (χ1n) is 6.38. The fraction of sp³-hybridized carbons (Fsp3) is 0.462. The van der Waals surface area contributed by atoms with Crippen LogP contribution < -0.4 is 5.32 Å². The number of aliphatic hydroxyl groups is 1. The van der Waals surface area contributed by atoms with Gasteiger partial charge in [0, 0.05) is 21.1 Å². The number of benzene rings is 1. The van der Waals surface area contributed by atoms with Crippen molar-refractivity contribution in [3.63, 3.8) is 0 Å². The molecule has 0 fully saturated rings. The summed E-state index contributed by atoms with van der Waals surface area (Å²) in [7, 11) is -1.78. The summed E-state index contributed by atoms with van der Waals surface area (Å²) >= 11 is 0. The van der Waals surface area contributed by atoms with Gasteiger partial charge in [0.05, 0.1) is 5.56 Å². The number of nitrogens with one attached hydrogen (secondary N) is 1. The van der Waals surface area contributed by atoms with E-state index in [0.29, 0.717) is 0 Å². The van der Waals surface area contributed by atoms with Gasteiger partial charge in [-0.3, -0.25) is 9.36 Å². The summed E-state index contributed by atoms with van der Waals surface area (Å²) in [5.41, 5.74) is -0.878. The number of alkyl halides is 3. The molecule has 0 saturated carbocycles. The fourth-order valence-electron chi connectivity index (χ4n) is 1.89. The molecular formula is C13H17F3NO5P. The molecule has 1 aromatic rings. The van der Waals surface area contributed by atoms with E-state index in [4.69, 9.17) is 9.05 Å². The van der Waals surface area contributed by atoms with Crippen LogP contribution in [0.4, 0.5) is 13.2 Å². The van der Waals surface area contributed by atoms with Crippen LogP contribution in [0.1, 0.15) is 24.2 Å². The van der Waals surface area contributed by atoms with Gasteiger partial charge in [0.1, 0.15) is 6.10 Å². The predicted octanol–water partition coefficient (Wildman–Crippen LogP) is 2.69. The number of hydrogen-bond donors (Lipinski definition) is 2. The van der Waals surface area contributed by atoms with Gasteiger partial charge in [-0.15, -0.1) is 0 Å². The van der Waals surface area contributed by atoms with Crippen molar-refractivity contribution in [2.75, 3.05) is 14.2 Å². The molecule has 0 radical (unpaired) electrons. The predicted molar refractivity (Wildman–Crippen MR) is 75.6 cm³/mol. The van der Waals surface area contributed by atoms with Crippen molar-refractivity contribution in [3.8, 4) is 0 Å². The van der Waals surface area contributed by atoms with Crippen LogP contribution >= 0.6 is 7.60 Å². The SMILES string of the molecule is COP(=O)(OC)[C@H](NC(C)=O)[C@@H](O)c1ccc(C(F)(F)F)cc1. The Bertz CT molecular complexity index is 582. The lowest BCUT2D eigenvalue weighted by molar-refractivity contribution is -0.137. The highest BCUT2D eigenvalue weighted by molar-refractivity contribution is 7.54. The number of carbonyl (C=O) groups excluding carboxylic acids is 1. The lowest BCUT2D eigenvalue weighted by atomic mass is 10.1. The molecule has 0 aliphatic rings. The summed E-state index contributed by atoms with van der Waals surface area (Å²) in [6.07, 6.45) is -6.11. The highest BCUT2D eigenvalue weighted by Crippen LogP contribution is 2.54. The van der Waals surface area contributed by atoms with Gasteiger partial charge >= 0.3 is 13.8 Å². The Morgan fingerprint density at radius 2 is 1.70 bits per heavy atom. The van der Waals surface area contributed by atoms with Crippen molar-refractivity contribution < 1.29 is 36.7 Å². The van der Waals surface area contributed by atoms with Crippen LogP contribution in [0.5, 0.6) is 0 Å². The largest absolute Gasteiger partial charge is 0.416 e. The molecule has 0 aromatic heterocycles. The van der Waals surface area contributed by atoms with Gasteiger partial charge in [-0.05, 0) is 17.7 Å². The number of amides is 1. The summed E-state index contributed by atoms with van der Waals surface area (Å²) in [5.74, 6) is -2.08. The molecule has 1 rings (SSSR count).